The van der Waals surface area contributed by atoms with Crippen LogP contribution in [0.2, 0.25) is 0 Å². The average Bonchev–Trinajstić information content (AvgIpc) is 2.97. The summed E-state index contributed by atoms with van der Waals surface area (Å²) in [5.41, 5.74) is 1.23. The van der Waals surface area contributed by atoms with Crippen LogP contribution in [0.25, 0.3) is 0 Å². The number of morpholine rings is 1. The highest BCUT2D eigenvalue weighted by Gasteiger charge is 2.30. The van der Waals surface area contributed by atoms with Crippen molar-refractivity contribution in [2.75, 3.05) is 13.2 Å². The van der Waals surface area contributed by atoms with Crippen LogP contribution >= 0.6 is 0 Å². The molecule has 0 radical (unpaired) electrons. The highest BCUT2D eigenvalue weighted by atomic mass is 16.5. The first-order valence-electron chi connectivity index (χ1n) is 8.25. The van der Waals surface area contributed by atoms with Crippen molar-refractivity contribution in [2.24, 2.45) is 0 Å². The van der Waals surface area contributed by atoms with Gasteiger partial charge in [0.1, 0.15) is 12.2 Å². The van der Waals surface area contributed by atoms with Gasteiger partial charge in [0.25, 0.3) is 0 Å². The summed E-state index contributed by atoms with van der Waals surface area (Å²) in [7, 11) is 0. The number of benzene rings is 1. The Bertz CT molecular complexity index is 632. The molecule has 3 rings (SSSR count). The summed E-state index contributed by atoms with van der Waals surface area (Å²) >= 11 is 0. The lowest BCUT2D eigenvalue weighted by Crippen LogP contribution is -2.44. The molecule has 2 heterocycles. The lowest BCUT2D eigenvalue weighted by Gasteiger charge is -2.39. The SMILES string of the molecule is C[C@@H]1CN(Cc2ncnn2C(C)(C)C)[C@H](c2ccccc2)CO1. The van der Waals surface area contributed by atoms with Gasteiger partial charge in [-0.3, -0.25) is 4.90 Å². The smallest absolute Gasteiger partial charge is 0.141 e. The first-order valence-corrected chi connectivity index (χ1v) is 8.25. The van der Waals surface area contributed by atoms with E-state index in [0.29, 0.717) is 0 Å². The molecule has 1 aromatic carbocycles. The van der Waals surface area contributed by atoms with Crippen LogP contribution in [0.1, 0.15) is 45.1 Å². The summed E-state index contributed by atoms with van der Waals surface area (Å²) in [6.07, 6.45) is 1.89. The third kappa shape index (κ3) is 3.62. The Morgan fingerprint density at radius 2 is 1.96 bits per heavy atom. The molecule has 1 saturated heterocycles. The standard InChI is InChI=1S/C18H26N4O/c1-14-10-21(11-17-19-13-20-22(17)18(2,3)4)16(12-23-14)15-8-6-5-7-9-15/h5-9,13-14,16H,10-12H2,1-4H3/t14-,16+/m1/s1. The van der Waals surface area contributed by atoms with E-state index < -0.39 is 0 Å². The molecule has 2 aromatic rings. The molecule has 124 valence electrons. The fraction of sp³-hybridized carbons (Fsp3) is 0.556. The third-order valence-electron chi connectivity index (χ3n) is 4.25. The molecule has 0 saturated carbocycles. The van der Waals surface area contributed by atoms with Gasteiger partial charge < -0.3 is 4.74 Å². The van der Waals surface area contributed by atoms with Gasteiger partial charge in [0.05, 0.1) is 30.8 Å². The molecule has 0 bridgehead atoms. The first kappa shape index (κ1) is 16.1. The molecule has 5 heteroatoms. The summed E-state index contributed by atoms with van der Waals surface area (Å²) in [4.78, 5) is 6.95. The van der Waals surface area contributed by atoms with Crippen LogP contribution < -0.4 is 0 Å². The van der Waals surface area contributed by atoms with Crippen LogP contribution in [0.3, 0.4) is 0 Å². The Labute approximate surface area is 138 Å². The van der Waals surface area contributed by atoms with Gasteiger partial charge >= 0.3 is 0 Å². The molecule has 0 amide bonds. The summed E-state index contributed by atoms with van der Waals surface area (Å²) in [6.45, 7) is 11.0. The molecule has 0 unspecified atom stereocenters. The topological polar surface area (TPSA) is 43.2 Å². The monoisotopic (exact) mass is 314 g/mol. The Balaban J connectivity index is 1.85. The zero-order valence-electron chi connectivity index (χ0n) is 14.4. The number of hydrogen-bond donors (Lipinski definition) is 0. The molecule has 0 aliphatic carbocycles. The maximum atomic E-state index is 5.91. The largest absolute Gasteiger partial charge is 0.375 e. The first-order chi connectivity index (χ1) is 10.9. The lowest BCUT2D eigenvalue weighted by atomic mass is 10.0. The number of rotatable bonds is 3. The van der Waals surface area contributed by atoms with E-state index >= 15 is 0 Å². The molecule has 23 heavy (non-hydrogen) atoms. The van der Waals surface area contributed by atoms with Crippen molar-refractivity contribution in [3.63, 3.8) is 0 Å². The van der Waals surface area contributed by atoms with Gasteiger partial charge in [-0.05, 0) is 33.3 Å². The van der Waals surface area contributed by atoms with E-state index in [1.807, 2.05) is 4.68 Å². The van der Waals surface area contributed by atoms with E-state index in [1.54, 1.807) is 6.33 Å². The second-order valence-corrected chi connectivity index (χ2v) is 7.26. The van der Waals surface area contributed by atoms with E-state index in [4.69, 9.17) is 4.74 Å². The van der Waals surface area contributed by atoms with Crippen LogP contribution in [0, 0.1) is 0 Å². The molecule has 1 aliphatic rings. The summed E-state index contributed by atoms with van der Waals surface area (Å²) in [5.74, 6) is 1.01. The van der Waals surface area contributed by atoms with Crippen molar-refractivity contribution >= 4 is 0 Å². The van der Waals surface area contributed by atoms with Crippen LogP contribution in [0.5, 0.6) is 0 Å². The zero-order chi connectivity index (χ0) is 16.4. The molecule has 0 spiro atoms. The van der Waals surface area contributed by atoms with Gasteiger partial charge in [-0.25, -0.2) is 9.67 Å². The van der Waals surface area contributed by atoms with Crippen LogP contribution in [0.4, 0.5) is 0 Å². The average molecular weight is 314 g/mol. The van der Waals surface area contributed by atoms with Gasteiger partial charge in [0, 0.05) is 6.54 Å². The maximum absolute atomic E-state index is 5.91. The van der Waals surface area contributed by atoms with Crippen molar-refractivity contribution in [2.45, 2.75) is 51.9 Å². The highest BCUT2D eigenvalue weighted by Crippen LogP contribution is 2.28. The van der Waals surface area contributed by atoms with Crippen molar-refractivity contribution in [3.05, 3.63) is 48.0 Å². The van der Waals surface area contributed by atoms with Crippen LogP contribution in [0.15, 0.2) is 36.7 Å². The number of nitrogens with zero attached hydrogens (tertiary/aromatic N) is 4. The van der Waals surface area contributed by atoms with Gasteiger partial charge in [0.15, 0.2) is 0 Å². The molecule has 1 fully saturated rings. The Hall–Kier alpha value is -1.72. The van der Waals surface area contributed by atoms with Crippen LogP contribution in [-0.2, 0) is 16.8 Å². The van der Waals surface area contributed by atoms with E-state index in [2.05, 4.69) is 73.0 Å². The number of hydrogen-bond acceptors (Lipinski definition) is 4. The Morgan fingerprint density at radius 1 is 1.22 bits per heavy atom. The van der Waals surface area contributed by atoms with Crippen molar-refractivity contribution in [3.8, 4) is 0 Å². The van der Waals surface area contributed by atoms with E-state index in [-0.39, 0.29) is 17.7 Å². The minimum atomic E-state index is -0.0635. The van der Waals surface area contributed by atoms with Gasteiger partial charge in [-0.2, -0.15) is 5.10 Å². The van der Waals surface area contributed by atoms with E-state index in [0.717, 1.165) is 25.5 Å². The minimum Gasteiger partial charge on any atom is -0.375 e. The predicted octanol–water partition coefficient (Wildman–Crippen LogP) is 3.00. The normalized spacial score (nSPS) is 23.1. The van der Waals surface area contributed by atoms with E-state index in [9.17, 15) is 0 Å². The summed E-state index contributed by atoms with van der Waals surface area (Å²) < 4.78 is 7.93. The molecule has 2 atom stereocenters. The molecule has 1 aromatic heterocycles. The molecule has 5 nitrogen and oxygen atoms in total. The number of ether oxygens (including phenoxy) is 1. The van der Waals surface area contributed by atoms with Crippen LogP contribution in [-0.4, -0.2) is 38.9 Å². The maximum Gasteiger partial charge on any atom is 0.141 e. The molecular formula is C18H26N4O. The fourth-order valence-electron chi connectivity index (χ4n) is 3.14. The minimum absolute atomic E-state index is 0.0635. The van der Waals surface area contributed by atoms with Crippen molar-refractivity contribution < 1.29 is 4.74 Å². The van der Waals surface area contributed by atoms with Crippen molar-refractivity contribution in [1.29, 1.82) is 0 Å². The van der Waals surface area contributed by atoms with E-state index in [1.165, 1.54) is 5.56 Å². The second kappa shape index (κ2) is 6.42. The van der Waals surface area contributed by atoms with Gasteiger partial charge in [-0.1, -0.05) is 30.3 Å². The third-order valence-corrected chi connectivity index (χ3v) is 4.25. The second-order valence-electron chi connectivity index (χ2n) is 7.26. The fourth-order valence-corrected chi connectivity index (χ4v) is 3.14. The molecular weight excluding hydrogens is 288 g/mol. The van der Waals surface area contributed by atoms with Gasteiger partial charge in [-0.15, -0.1) is 0 Å². The number of aromatic nitrogens is 3. The van der Waals surface area contributed by atoms with Crippen molar-refractivity contribution in [1.82, 2.24) is 19.7 Å². The van der Waals surface area contributed by atoms with Gasteiger partial charge in [0.2, 0.25) is 0 Å². The quantitative estimate of drug-likeness (QED) is 0.873. The Morgan fingerprint density at radius 3 is 2.65 bits per heavy atom. The summed E-state index contributed by atoms with van der Waals surface area (Å²) in [5, 5.41) is 4.42. The molecule has 1 aliphatic heterocycles. The zero-order valence-corrected chi connectivity index (χ0v) is 14.4. The summed E-state index contributed by atoms with van der Waals surface area (Å²) in [6, 6.07) is 10.8. The Kier molecular flexibility index (Phi) is 4.50. The lowest BCUT2D eigenvalue weighted by molar-refractivity contribution is -0.0613. The molecule has 0 N–H and O–H groups in total. The predicted molar refractivity (Wildman–Crippen MR) is 90.0 cm³/mol. The highest BCUT2D eigenvalue weighted by molar-refractivity contribution is 5.20.